The van der Waals surface area contributed by atoms with E-state index in [0.717, 1.165) is 56.1 Å². The Balaban J connectivity index is 1.54. The average molecular weight is 386 g/mol. The lowest BCUT2D eigenvalue weighted by Gasteiger charge is -2.29. The summed E-state index contributed by atoms with van der Waals surface area (Å²) in [5, 5.41) is 0. The lowest BCUT2D eigenvalue weighted by molar-refractivity contribution is 0.241. The fourth-order valence-electron chi connectivity index (χ4n) is 3.92. The maximum Gasteiger partial charge on any atom is 0.116 e. The molecule has 4 rings (SSSR count). The summed E-state index contributed by atoms with van der Waals surface area (Å²) in [6.45, 7) is 9.61. The summed E-state index contributed by atoms with van der Waals surface area (Å²) in [5.74, 6) is 0. The minimum Gasteiger partial charge on any atom is -0.329 e. The van der Waals surface area contributed by atoms with Crippen LogP contribution >= 0.6 is 0 Å². The molecule has 1 aliphatic rings. The molecule has 0 saturated carbocycles. The molecule has 3 aromatic rings. The number of nitrogens with zero attached hydrogens (tertiary/aromatic N) is 5. The summed E-state index contributed by atoms with van der Waals surface area (Å²) in [4.78, 5) is 16.1. The number of hydrogen-bond donors (Lipinski definition) is 0. The van der Waals surface area contributed by atoms with Gasteiger partial charge >= 0.3 is 0 Å². The van der Waals surface area contributed by atoms with Crippen molar-refractivity contribution in [2.24, 2.45) is 0 Å². The largest absolute Gasteiger partial charge is 0.329 e. The van der Waals surface area contributed by atoms with Crippen molar-refractivity contribution < 1.29 is 0 Å². The monoisotopic (exact) mass is 385 g/mol. The fourth-order valence-corrected chi connectivity index (χ4v) is 3.92. The smallest absolute Gasteiger partial charge is 0.116 e. The molecule has 0 N–H and O–H groups in total. The Labute approximate surface area is 172 Å². The van der Waals surface area contributed by atoms with Gasteiger partial charge in [0.05, 0.1) is 29.6 Å². The van der Waals surface area contributed by atoms with Gasteiger partial charge in [-0.05, 0) is 25.3 Å². The molecule has 0 aliphatic carbocycles. The summed E-state index contributed by atoms with van der Waals surface area (Å²) in [6, 6.07) is 10.6. The van der Waals surface area contributed by atoms with E-state index in [2.05, 4.69) is 67.4 Å². The minimum absolute atomic E-state index is 0.854. The molecule has 148 valence electrons. The highest BCUT2D eigenvalue weighted by Gasteiger charge is 2.23. The molecule has 3 heterocycles. The van der Waals surface area contributed by atoms with Crippen LogP contribution in [-0.2, 0) is 26.1 Å². The van der Waals surface area contributed by atoms with E-state index >= 15 is 0 Å². The second-order valence-electron chi connectivity index (χ2n) is 7.38. The first-order valence-electron chi connectivity index (χ1n) is 10.2. The van der Waals surface area contributed by atoms with E-state index in [1.165, 1.54) is 16.7 Å². The van der Waals surface area contributed by atoms with Crippen LogP contribution in [0.1, 0.15) is 30.2 Å². The summed E-state index contributed by atoms with van der Waals surface area (Å²) in [7, 11) is 0. The summed E-state index contributed by atoms with van der Waals surface area (Å²) >= 11 is 0. The van der Waals surface area contributed by atoms with Gasteiger partial charge in [-0.1, -0.05) is 54.6 Å². The van der Waals surface area contributed by atoms with Crippen molar-refractivity contribution in [2.45, 2.75) is 39.4 Å². The van der Waals surface area contributed by atoms with Gasteiger partial charge < -0.3 is 4.57 Å². The third-order valence-corrected chi connectivity index (χ3v) is 5.56. The number of benzene rings is 1. The summed E-state index contributed by atoms with van der Waals surface area (Å²) < 4.78 is 2.19. The van der Waals surface area contributed by atoms with Crippen molar-refractivity contribution in [3.05, 3.63) is 90.3 Å². The Bertz CT molecular complexity index is 1000. The van der Waals surface area contributed by atoms with Crippen LogP contribution in [0.15, 0.2) is 73.5 Å². The number of aromatic nitrogens is 4. The van der Waals surface area contributed by atoms with E-state index in [1.807, 2.05) is 25.5 Å². The van der Waals surface area contributed by atoms with E-state index in [1.54, 1.807) is 6.33 Å². The van der Waals surface area contributed by atoms with E-state index < -0.39 is 0 Å². The van der Waals surface area contributed by atoms with Crippen LogP contribution in [0.3, 0.4) is 0 Å². The zero-order valence-corrected chi connectivity index (χ0v) is 17.0. The molecule has 5 nitrogen and oxygen atoms in total. The molecule has 1 aromatic carbocycles. The number of imidazole rings is 1. The van der Waals surface area contributed by atoms with Gasteiger partial charge in [0, 0.05) is 31.7 Å². The van der Waals surface area contributed by atoms with Crippen molar-refractivity contribution >= 4 is 0 Å². The van der Waals surface area contributed by atoms with Crippen LogP contribution in [0.5, 0.6) is 0 Å². The van der Waals surface area contributed by atoms with E-state index in [0.29, 0.717) is 0 Å². The zero-order valence-electron chi connectivity index (χ0n) is 17.0. The van der Waals surface area contributed by atoms with Crippen LogP contribution in [0.25, 0.3) is 11.4 Å². The zero-order chi connectivity index (χ0) is 20.1. The van der Waals surface area contributed by atoms with Gasteiger partial charge in [0.2, 0.25) is 0 Å². The molecule has 29 heavy (non-hydrogen) atoms. The standard InChI is InChI=1S/C24H27N5/c1-3-19(4-2)10-13-29-18-25-14-23(29)24-21-11-12-28(16-22(21)26-17-27-24)15-20-8-6-5-7-9-20/h3-9,14,17-18H,1,10-13,15-16H2,2H3. The first kappa shape index (κ1) is 19.3. The maximum atomic E-state index is 4.65. The van der Waals surface area contributed by atoms with Crippen LogP contribution in [0.2, 0.25) is 0 Å². The molecule has 0 spiro atoms. The first-order chi connectivity index (χ1) is 14.3. The Morgan fingerprint density at radius 2 is 2.07 bits per heavy atom. The van der Waals surface area contributed by atoms with E-state index in [-0.39, 0.29) is 0 Å². The molecular weight excluding hydrogens is 358 g/mol. The van der Waals surface area contributed by atoms with Crippen molar-refractivity contribution in [3.63, 3.8) is 0 Å². The Kier molecular flexibility index (Phi) is 5.96. The minimum atomic E-state index is 0.854. The summed E-state index contributed by atoms with van der Waals surface area (Å²) in [6.07, 6.45) is 11.4. The highest BCUT2D eigenvalue weighted by molar-refractivity contribution is 5.60. The topological polar surface area (TPSA) is 46.8 Å². The molecule has 0 bridgehead atoms. The number of fused-ring (bicyclic) bond motifs is 1. The number of aryl methyl sites for hydroxylation is 1. The molecule has 5 heteroatoms. The predicted octanol–water partition coefficient (Wildman–Crippen LogP) is 4.42. The van der Waals surface area contributed by atoms with Gasteiger partial charge in [0.25, 0.3) is 0 Å². The van der Waals surface area contributed by atoms with Crippen LogP contribution in [0, 0.1) is 0 Å². The highest BCUT2D eigenvalue weighted by atomic mass is 15.1. The molecule has 0 radical (unpaired) electrons. The average Bonchev–Trinajstić information content (AvgIpc) is 3.23. The summed E-state index contributed by atoms with van der Waals surface area (Å²) in [5.41, 5.74) is 7.06. The SMILES string of the molecule is C=CC(=CC)CCn1cncc1-c1ncnc2c1CCN(Cc1ccccc1)C2. The van der Waals surface area contributed by atoms with Crippen molar-refractivity contribution in [1.29, 1.82) is 0 Å². The van der Waals surface area contributed by atoms with Crippen molar-refractivity contribution in [1.82, 2.24) is 24.4 Å². The van der Waals surface area contributed by atoms with Gasteiger partial charge in [0.15, 0.2) is 0 Å². The van der Waals surface area contributed by atoms with Gasteiger partial charge in [-0.25, -0.2) is 15.0 Å². The van der Waals surface area contributed by atoms with Gasteiger partial charge in [-0.2, -0.15) is 0 Å². The highest BCUT2D eigenvalue weighted by Crippen LogP contribution is 2.28. The normalized spacial score (nSPS) is 14.6. The first-order valence-corrected chi connectivity index (χ1v) is 10.2. The van der Waals surface area contributed by atoms with Gasteiger partial charge in [0.1, 0.15) is 6.33 Å². The lowest BCUT2D eigenvalue weighted by Crippen LogP contribution is -2.31. The molecule has 2 aromatic heterocycles. The van der Waals surface area contributed by atoms with Crippen molar-refractivity contribution in [3.8, 4) is 11.4 Å². The van der Waals surface area contributed by atoms with Crippen LogP contribution in [-0.4, -0.2) is 31.0 Å². The van der Waals surface area contributed by atoms with Crippen molar-refractivity contribution in [2.75, 3.05) is 6.54 Å². The van der Waals surface area contributed by atoms with Gasteiger partial charge in [-0.15, -0.1) is 0 Å². The van der Waals surface area contributed by atoms with Crippen LogP contribution < -0.4 is 0 Å². The van der Waals surface area contributed by atoms with E-state index in [4.69, 9.17) is 0 Å². The molecule has 0 fully saturated rings. The Morgan fingerprint density at radius 3 is 2.86 bits per heavy atom. The predicted molar refractivity (Wildman–Crippen MR) is 116 cm³/mol. The molecule has 0 unspecified atom stereocenters. The number of hydrogen-bond acceptors (Lipinski definition) is 4. The Hall–Kier alpha value is -3.05. The fraction of sp³-hybridized carbons (Fsp3) is 0.292. The van der Waals surface area contributed by atoms with E-state index in [9.17, 15) is 0 Å². The lowest BCUT2D eigenvalue weighted by atomic mass is 10.0. The molecule has 0 saturated heterocycles. The molecule has 0 atom stereocenters. The Morgan fingerprint density at radius 1 is 1.21 bits per heavy atom. The maximum absolute atomic E-state index is 4.65. The number of allylic oxidation sites excluding steroid dienone is 3. The third kappa shape index (κ3) is 4.35. The molecule has 0 amide bonds. The van der Waals surface area contributed by atoms with Gasteiger partial charge in [-0.3, -0.25) is 4.90 Å². The molecular formula is C24H27N5. The third-order valence-electron chi connectivity index (χ3n) is 5.56. The number of rotatable bonds is 7. The van der Waals surface area contributed by atoms with Crippen LogP contribution in [0.4, 0.5) is 0 Å². The quantitative estimate of drug-likeness (QED) is 0.565. The molecule has 1 aliphatic heterocycles. The second kappa shape index (κ2) is 8.97. The second-order valence-corrected chi connectivity index (χ2v) is 7.38.